The van der Waals surface area contributed by atoms with Gasteiger partial charge < -0.3 is 11.5 Å². The molecule has 2 unspecified atom stereocenters. The highest BCUT2D eigenvalue weighted by molar-refractivity contribution is 7.12. The summed E-state index contributed by atoms with van der Waals surface area (Å²) in [7, 11) is 0. The third kappa shape index (κ3) is 4.28. The molecule has 2 heterocycles. The number of amides is 1. The van der Waals surface area contributed by atoms with Gasteiger partial charge >= 0.3 is 0 Å². The first kappa shape index (κ1) is 16.5. The van der Waals surface area contributed by atoms with Crippen molar-refractivity contribution in [1.82, 2.24) is 4.90 Å². The second-order valence-electron chi connectivity index (χ2n) is 6.12. The standard InChI is InChI=1S/C16H27N3OS/c1-3-13(17)16(14-5-4-11(2)21-14)19-8-6-12(7-9-19)10-15(18)20/h4-5,12-13,16H,3,6-10,17H2,1-2H3,(H2,18,20). The number of nitrogens with zero attached hydrogens (tertiary/aromatic N) is 1. The summed E-state index contributed by atoms with van der Waals surface area (Å²) in [6.07, 6.45) is 3.58. The third-order valence-corrected chi connectivity index (χ3v) is 5.53. The van der Waals surface area contributed by atoms with Crippen LogP contribution in [-0.4, -0.2) is 29.9 Å². The lowest BCUT2D eigenvalue weighted by Gasteiger charge is -2.39. The lowest BCUT2D eigenvalue weighted by molar-refractivity contribution is -0.119. The topological polar surface area (TPSA) is 72.3 Å². The Labute approximate surface area is 131 Å². The molecule has 1 aliphatic rings. The van der Waals surface area contributed by atoms with Gasteiger partial charge in [0.25, 0.3) is 0 Å². The predicted molar refractivity (Wildman–Crippen MR) is 88.2 cm³/mol. The summed E-state index contributed by atoms with van der Waals surface area (Å²) in [4.78, 5) is 16.3. The molecule has 0 bridgehead atoms. The fourth-order valence-corrected chi connectivity index (χ4v) is 4.31. The van der Waals surface area contributed by atoms with E-state index in [4.69, 9.17) is 11.5 Å². The molecule has 0 aromatic carbocycles. The van der Waals surface area contributed by atoms with Gasteiger partial charge in [0.2, 0.25) is 5.91 Å². The van der Waals surface area contributed by atoms with Crippen LogP contribution in [0.5, 0.6) is 0 Å². The molecule has 2 atom stereocenters. The van der Waals surface area contributed by atoms with E-state index in [1.807, 2.05) is 11.3 Å². The first-order valence-electron chi connectivity index (χ1n) is 7.85. The summed E-state index contributed by atoms with van der Waals surface area (Å²) in [5.41, 5.74) is 11.7. The van der Waals surface area contributed by atoms with Crippen molar-refractivity contribution >= 4 is 17.2 Å². The van der Waals surface area contributed by atoms with E-state index in [1.54, 1.807) is 0 Å². The first-order valence-corrected chi connectivity index (χ1v) is 8.67. The van der Waals surface area contributed by atoms with Crippen LogP contribution < -0.4 is 11.5 Å². The van der Waals surface area contributed by atoms with Gasteiger partial charge in [-0.3, -0.25) is 9.69 Å². The Hall–Kier alpha value is -0.910. The monoisotopic (exact) mass is 309 g/mol. The number of primary amides is 1. The van der Waals surface area contributed by atoms with E-state index in [-0.39, 0.29) is 11.9 Å². The largest absolute Gasteiger partial charge is 0.370 e. The summed E-state index contributed by atoms with van der Waals surface area (Å²) < 4.78 is 0. The molecule has 118 valence electrons. The minimum absolute atomic E-state index is 0.163. The van der Waals surface area contributed by atoms with Gasteiger partial charge in [0.1, 0.15) is 0 Å². The van der Waals surface area contributed by atoms with Crippen LogP contribution in [-0.2, 0) is 4.79 Å². The van der Waals surface area contributed by atoms with Crippen molar-refractivity contribution in [1.29, 1.82) is 0 Å². The van der Waals surface area contributed by atoms with Crippen molar-refractivity contribution in [3.8, 4) is 0 Å². The normalized spacial score (nSPS) is 20.3. The maximum Gasteiger partial charge on any atom is 0.217 e. The number of aryl methyl sites for hydroxylation is 1. The fourth-order valence-electron chi connectivity index (χ4n) is 3.22. The second kappa shape index (κ2) is 7.38. The van der Waals surface area contributed by atoms with Gasteiger partial charge in [0, 0.05) is 22.2 Å². The molecule has 1 saturated heterocycles. The highest BCUT2D eigenvalue weighted by atomic mass is 32.1. The highest BCUT2D eigenvalue weighted by Gasteiger charge is 2.30. The summed E-state index contributed by atoms with van der Waals surface area (Å²) in [6, 6.07) is 4.87. The SMILES string of the molecule is CCC(N)C(c1ccc(C)s1)N1CCC(CC(N)=O)CC1. The van der Waals surface area contributed by atoms with Gasteiger partial charge in [-0.15, -0.1) is 11.3 Å². The van der Waals surface area contributed by atoms with E-state index < -0.39 is 0 Å². The maximum atomic E-state index is 11.1. The lowest BCUT2D eigenvalue weighted by atomic mass is 9.91. The number of hydrogen-bond acceptors (Lipinski definition) is 4. The van der Waals surface area contributed by atoms with Crippen LogP contribution >= 0.6 is 11.3 Å². The zero-order valence-corrected chi connectivity index (χ0v) is 13.9. The zero-order chi connectivity index (χ0) is 15.4. The molecule has 1 aromatic heterocycles. The van der Waals surface area contributed by atoms with Crippen molar-refractivity contribution in [3.63, 3.8) is 0 Å². The summed E-state index contributed by atoms with van der Waals surface area (Å²) >= 11 is 1.85. The van der Waals surface area contributed by atoms with Gasteiger partial charge in [0.05, 0.1) is 6.04 Å². The Kier molecular flexibility index (Phi) is 5.79. The van der Waals surface area contributed by atoms with Crippen molar-refractivity contribution in [3.05, 3.63) is 21.9 Å². The van der Waals surface area contributed by atoms with E-state index >= 15 is 0 Å². The van der Waals surface area contributed by atoms with Gasteiger partial charge in [0.15, 0.2) is 0 Å². The molecular weight excluding hydrogens is 282 g/mol. The highest BCUT2D eigenvalue weighted by Crippen LogP contribution is 2.34. The average Bonchev–Trinajstić information content (AvgIpc) is 2.86. The Morgan fingerprint density at radius 1 is 1.43 bits per heavy atom. The summed E-state index contributed by atoms with van der Waals surface area (Å²) in [6.45, 7) is 6.31. The van der Waals surface area contributed by atoms with E-state index in [0.717, 1.165) is 32.4 Å². The summed E-state index contributed by atoms with van der Waals surface area (Å²) in [5.74, 6) is 0.270. The number of rotatable bonds is 6. The molecule has 4 nitrogen and oxygen atoms in total. The fraction of sp³-hybridized carbons (Fsp3) is 0.688. The van der Waals surface area contributed by atoms with Crippen LogP contribution in [0.3, 0.4) is 0 Å². The van der Waals surface area contributed by atoms with Crippen molar-refractivity contribution in [2.45, 2.75) is 51.6 Å². The van der Waals surface area contributed by atoms with E-state index in [9.17, 15) is 4.79 Å². The van der Waals surface area contributed by atoms with Gasteiger partial charge in [-0.2, -0.15) is 0 Å². The molecule has 1 aliphatic heterocycles. The van der Waals surface area contributed by atoms with Crippen LogP contribution in [0.4, 0.5) is 0 Å². The van der Waals surface area contributed by atoms with Crippen molar-refractivity contribution < 1.29 is 4.79 Å². The number of hydrogen-bond donors (Lipinski definition) is 2. The number of carbonyl (C=O) groups excluding carboxylic acids is 1. The molecule has 5 heteroatoms. The molecule has 0 spiro atoms. The van der Waals surface area contributed by atoms with Crippen molar-refractivity contribution in [2.24, 2.45) is 17.4 Å². The van der Waals surface area contributed by atoms with Gasteiger partial charge in [-0.05, 0) is 57.3 Å². The minimum atomic E-state index is -0.177. The molecule has 0 saturated carbocycles. The van der Waals surface area contributed by atoms with Crippen LogP contribution in [0.2, 0.25) is 0 Å². The quantitative estimate of drug-likeness (QED) is 0.847. The number of nitrogens with two attached hydrogens (primary N) is 2. The molecular formula is C16H27N3OS. The molecule has 0 radical (unpaired) electrons. The zero-order valence-electron chi connectivity index (χ0n) is 13.0. The Bertz CT molecular complexity index is 466. The number of thiophene rings is 1. The van der Waals surface area contributed by atoms with E-state index in [0.29, 0.717) is 18.4 Å². The smallest absolute Gasteiger partial charge is 0.217 e. The van der Waals surface area contributed by atoms with Gasteiger partial charge in [-0.1, -0.05) is 6.92 Å². The van der Waals surface area contributed by atoms with Gasteiger partial charge in [-0.25, -0.2) is 0 Å². The van der Waals surface area contributed by atoms with E-state index in [2.05, 4.69) is 30.9 Å². The Morgan fingerprint density at radius 2 is 2.10 bits per heavy atom. The minimum Gasteiger partial charge on any atom is -0.370 e. The number of piperidine rings is 1. The Balaban J connectivity index is 2.04. The maximum absolute atomic E-state index is 11.1. The van der Waals surface area contributed by atoms with Crippen molar-refractivity contribution in [2.75, 3.05) is 13.1 Å². The molecule has 1 aromatic rings. The molecule has 1 fully saturated rings. The predicted octanol–water partition coefficient (Wildman–Crippen LogP) is 2.42. The molecule has 0 aliphatic carbocycles. The third-order valence-electron chi connectivity index (χ3n) is 4.46. The lowest BCUT2D eigenvalue weighted by Crippen LogP contribution is -2.44. The Morgan fingerprint density at radius 3 is 2.57 bits per heavy atom. The summed E-state index contributed by atoms with van der Waals surface area (Å²) in [5, 5.41) is 0. The van der Waals surface area contributed by atoms with Crippen LogP contribution in [0.15, 0.2) is 12.1 Å². The molecule has 4 N–H and O–H groups in total. The first-order chi connectivity index (χ1) is 10.0. The number of likely N-dealkylation sites (tertiary alicyclic amines) is 1. The molecule has 21 heavy (non-hydrogen) atoms. The second-order valence-corrected chi connectivity index (χ2v) is 7.43. The van der Waals surface area contributed by atoms with Crippen LogP contribution in [0, 0.1) is 12.8 Å². The van der Waals surface area contributed by atoms with E-state index in [1.165, 1.54) is 9.75 Å². The molecule has 1 amide bonds. The van der Waals surface area contributed by atoms with Crippen LogP contribution in [0.25, 0.3) is 0 Å². The number of carbonyl (C=O) groups is 1. The average molecular weight is 309 g/mol. The van der Waals surface area contributed by atoms with Crippen LogP contribution in [0.1, 0.15) is 48.4 Å². The molecule has 2 rings (SSSR count).